The molecular formula is C9H13N3O. The first-order valence-corrected chi connectivity index (χ1v) is 4.51. The molecule has 1 aliphatic heterocycles. The molecule has 1 atom stereocenters. The molecule has 13 heavy (non-hydrogen) atoms. The van der Waals surface area contributed by atoms with Crippen LogP contribution in [0.1, 0.15) is 24.5 Å². The van der Waals surface area contributed by atoms with Gasteiger partial charge in [0.1, 0.15) is 12.1 Å². The van der Waals surface area contributed by atoms with Crippen molar-refractivity contribution in [3.05, 3.63) is 18.1 Å². The summed E-state index contributed by atoms with van der Waals surface area (Å²) >= 11 is 0. The Morgan fingerprint density at radius 3 is 3.08 bits per heavy atom. The van der Waals surface area contributed by atoms with Crippen LogP contribution in [0.5, 0.6) is 0 Å². The van der Waals surface area contributed by atoms with Crippen molar-refractivity contribution in [3.63, 3.8) is 0 Å². The van der Waals surface area contributed by atoms with Gasteiger partial charge in [-0.15, -0.1) is 0 Å². The largest absolute Gasteiger partial charge is 0.384 e. The Morgan fingerprint density at radius 2 is 2.38 bits per heavy atom. The lowest BCUT2D eigenvalue weighted by atomic mass is 9.98. The maximum Gasteiger partial charge on any atom is 0.127 e. The van der Waals surface area contributed by atoms with Gasteiger partial charge in [0.2, 0.25) is 0 Å². The average molecular weight is 179 g/mol. The van der Waals surface area contributed by atoms with E-state index in [1.807, 2.05) is 6.07 Å². The fourth-order valence-electron chi connectivity index (χ4n) is 1.59. The summed E-state index contributed by atoms with van der Waals surface area (Å²) in [6.07, 6.45) is 3.75. The molecular weight excluding hydrogens is 166 g/mol. The zero-order valence-electron chi connectivity index (χ0n) is 7.44. The predicted molar refractivity (Wildman–Crippen MR) is 49.2 cm³/mol. The van der Waals surface area contributed by atoms with E-state index in [-0.39, 0.29) is 0 Å². The van der Waals surface area contributed by atoms with E-state index in [0.29, 0.717) is 11.7 Å². The minimum absolute atomic E-state index is 0.402. The predicted octanol–water partition coefficient (Wildman–Crippen LogP) is 0.953. The number of rotatable bonds is 1. The molecule has 70 valence electrons. The second-order valence-corrected chi connectivity index (χ2v) is 3.28. The van der Waals surface area contributed by atoms with E-state index in [1.54, 1.807) is 0 Å². The normalized spacial score (nSPS) is 22.9. The van der Waals surface area contributed by atoms with Crippen LogP contribution in [0.25, 0.3) is 0 Å². The highest BCUT2D eigenvalue weighted by Gasteiger charge is 2.17. The van der Waals surface area contributed by atoms with Crippen molar-refractivity contribution in [2.75, 3.05) is 18.9 Å². The number of nitrogens with two attached hydrogens (primary N) is 1. The number of hydrogen-bond donors (Lipinski definition) is 1. The quantitative estimate of drug-likeness (QED) is 0.697. The van der Waals surface area contributed by atoms with Crippen LogP contribution < -0.4 is 5.73 Å². The summed E-state index contributed by atoms with van der Waals surface area (Å²) < 4.78 is 5.38. The summed E-state index contributed by atoms with van der Waals surface area (Å²) in [7, 11) is 0. The minimum atomic E-state index is 0.402. The van der Waals surface area contributed by atoms with Crippen LogP contribution in [0.15, 0.2) is 12.4 Å². The molecule has 2 heterocycles. The van der Waals surface area contributed by atoms with Crippen LogP contribution in [-0.2, 0) is 4.74 Å². The van der Waals surface area contributed by atoms with Crippen molar-refractivity contribution in [1.82, 2.24) is 9.97 Å². The molecule has 4 nitrogen and oxygen atoms in total. The van der Waals surface area contributed by atoms with Crippen molar-refractivity contribution in [2.45, 2.75) is 18.8 Å². The first-order chi connectivity index (χ1) is 6.36. The van der Waals surface area contributed by atoms with E-state index in [9.17, 15) is 0 Å². The molecule has 0 amide bonds. The van der Waals surface area contributed by atoms with Crippen molar-refractivity contribution >= 4 is 5.82 Å². The van der Waals surface area contributed by atoms with Crippen molar-refractivity contribution in [3.8, 4) is 0 Å². The Kier molecular flexibility index (Phi) is 2.40. The van der Waals surface area contributed by atoms with Crippen LogP contribution in [0.4, 0.5) is 5.82 Å². The van der Waals surface area contributed by atoms with Crippen molar-refractivity contribution < 1.29 is 4.74 Å². The summed E-state index contributed by atoms with van der Waals surface area (Å²) in [5.41, 5.74) is 6.58. The average Bonchev–Trinajstić information content (AvgIpc) is 2.19. The lowest BCUT2D eigenvalue weighted by molar-refractivity contribution is 0.0793. The zero-order chi connectivity index (χ0) is 9.10. The van der Waals surface area contributed by atoms with E-state index in [2.05, 4.69) is 9.97 Å². The zero-order valence-corrected chi connectivity index (χ0v) is 7.44. The number of nitrogen functional groups attached to an aromatic ring is 1. The van der Waals surface area contributed by atoms with Crippen LogP contribution in [-0.4, -0.2) is 23.2 Å². The van der Waals surface area contributed by atoms with Gasteiger partial charge in [-0.2, -0.15) is 0 Å². The molecule has 2 N–H and O–H groups in total. The number of aromatic nitrogens is 2. The third-order valence-electron chi connectivity index (χ3n) is 2.29. The molecule has 0 aliphatic carbocycles. The summed E-state index contributed by atoms with van der Waals surface area (Å²) in [5, 5.41) is 0. The highest BCUT2D eigenvalue weighted by molar-refractivity contribution is 5.29. The highest BCUT2D eigenvalue weighted by atomic mass is 16.5. The second kappa shape index (κ2) is 3.70. The number of hydrogen-bond acceptors (Lipinski definition) is 4. The Hall–Kier alpha value is -1.16. The fraction of sp³-hybridized carbons (Fsp3) is 0.556. The van der Waals surface area contributed by atoms with Gasteiger partial charge in [0.05, 0.1) is 12.3 Å². The lowest BCUT2D eigenvalue weighted by Crippen LogP contribution is -2.16. The summed E-state index contributed by atoms with van der Waals surface area (Å²) in [6.45, 7) is 1.63. The molecule has 1 aromatic rings. The molecule has 1 saturated heterocycles. The molecule has 0 radical (unpaired) electrons. The van der Waals surface area contributed by atoms with Crippen LogP contribution in [0, 0.1) is 0 Å². The van der Waals surface area contributed by atoms with Gasteiger partial charge in [0.25, 0.3) is 0 Å². The van der Waals surface area contributed by atoms with E-state index in [1.165, 1.54) is 6.33 Å². The Morgan fingerprint density at radius 1 is 1.46 bits per heavy atom. The van der Waals surface area contributed by atoms with Crippen LogP contribution in [0.3, 0.4) is 0 Å². The van der Waals surface area contributed by atoms with Crippen molar-refractivity contribution in [2.24, 2.45) is 0 Å². The first kappa shape index (κ1) is 8.44. The van der Waals surface area contributed by atoms with Gasteiger partial charge < -0.3 is 10.5 Å². The van der Waals surface area contributed by atoms with Gasteiger partial charge in [0.15, 0.2) is 0 Å². The van der Waals surface area contributed by atoms with Crippen LogP contribution in [0.2, 0.25) is 0 Å². The van der Waals surface area contributed by atoms with E-state index < -0.39 is 0 Å². The molecule has 0 spiro atoms. The molecule has 1 aromatic heterocycles. The second-order valence-electron chi connectivity index (χ2n) is 3.28. The first-order valence-electron chi connectivity index (χ1n) is 4.51. The lowest BCUT2D eigenvalue weighted by Gasteiger charge is -2.21. The maximum absolute atomic E-state index is 5.57. The van der Waals surface area contributed by atoms with Crippen LogP contribution >= 0.6 is 0 Å². The summed E-state index contributed by atoms with van der Waals surface area (Å²) in [4.78, 5) is 8.05. The molecule has 1 fully saturated rings. The molecule has 4 heteroatoms. The topological polar surface area (TPSA) is 61.0 Å². The maximum atomic E-state index is 5.57. The smallest absolute Gasteiger partial charge is 0.127 e. The Balaban J connectivity index is 2.14. The molecule has 0 saturated carbocycles. The monoisotopic (exact) mass is 179 g/mol. The van der Waals surface area contributed by atoms with Gasteiger partial charge in [0, 0.05) is 18.6 Å². The third-order valence-corrected chi connectivity index (χ3v) is 2.29. The SMILES string of the molecule is Nc1cc(C2CCCOC2)ncn1. The molecule has 2 rings (SSSR count). The van der Waals surface area contributed by atoms with Gasteiger partial charge in [-0.3, -0.25) is 0 Å². The van der Waals surface area contributed by atoms with Gasteiger partial charge in [-0.05, 0) is 12.8 Å². The standard InChI is InChI=1S/C9H13N3O/c10-9-4-8(11-6-12-9)7-2-1-3-13-5-7/h4,6-7H,1-3,5H2,(H2,10,11,12). The minimum Gasteiger partial charge on any atom is -0.384 e. The summed E-state index contributed by atoms with van der Waals surface area (Å²) in [5.74, 6) is 0.939. The number of anilines is 1. The molecule has 1 unspecified atom stereocenters. The van der Waals surface area contributed by atoms with E-state index in [0.717, 1.165) is 31.7 Å². The van der Waals surface area contributed by atoms with E-state index >= 15 is 0 Å². The Bertz CT molecular complexity index is 284. The molecule has 0 aromatic carbocycles. The number of ether oxygens (including phenoxy) is 1. The van der Waals surface area contributed by atoms with E-state index in [4.69, 9.17) is 10.5 Å². The van der Waals surface area contributed by atoms with Gasteiger partial charge in [-0.25, -0.2) is 9.97 Å². The molecule has 0 bridgehead atoms. The van der Waals surface area contributed by atoms with Gasteiger partial charge >= 0.3 is 0 Å². The van der Waals surface area contributed by atoms with Gasteiger partial charge in [-0.1, -0.05) is 0 Å². The van der Waals surface area contributed by atoms with Crippen molar-refractivity contribution in [1.29, 1.82) is 0 Å². The number of nitrogens with zero attached hydrogens (tertiary/aromatic N) is 2. The Labute approximate surface area is 77.1 Å². The highest BCUT2D eigenvalue weighted by Crippen LogP contribution is 2.23. The molecule has 1 aliphatic rings. The fourth-order valence-corrected chi connectivity index (χ4v) is 1.59. The third kappa shape index (κ3) is 1.95. The summed E-state index contributed by atoms with van der Waals surface area (Å²) in [6, 6.07) is 1.83.